The molecular formula is C23H22BrNO. The molecule has 0 radical (unpaired) electrons. The van der Waals surface area contributed by atoms with Gasteiger partial charge in [-0.05, 0) is 43.0 Å². The molecule has 4 rings (SSSR count). The van der Waals surface area contributed by atoms with Crippen molar-refractivity contribution in [3.63, 3.8) is 0 Å². The molecule has 1 aromatic heterocycles. The van der Waals surface area contributed by atoms with Crippen LogP contribution in [0.15, 0.2) is 59.1 Å². The van der Waals surface area contributed by atoms with Gasteiger partial charge in [-0.1, -0.05) is 59.6 Å². The van der Waals surface area contributed by atoms with Crippen molar-refractivity contribution >= 4 is 38.3 Å². The van der Waals surface area contributed by atoms with Crippen molar-refractivity contribution in [2.24, 2.45) is 5.41 Å². The van der Waals surface area contributed by atoms with Crippen molar-refractivity contribution in [2.45, 2.75) is 33.6 Å². The van der Waals surface area contributed by atoms with Crippen molar-refractivity contribution < 1.29 is 4.79 Å². The lowest BCUT2D eigenvalue weighted by atomic mass is 9.78. The second kappa shape index (κ2) is 6.24. The third-order valence-electron chi connectivity index (χ3n) is 5.03. The number of fused-ring (bicyclic) bond motifs is 1. The van der Waals surface area contributed by atoms with Gasteiger partial charge in [0.1, 0.15) is 0 Å². The molecule has 26 heavy (non-hydrogen) atoms. The van der Waals surface area contributed by atoms with Gasteiger partial charge in [0, 0.05) is 33.6 Å². The summed E-state index contributed by atoms with van der Waals surface area (Å²) in [5.41, 5.74) is 5.71. The van der Waals surface area contributed by atoms with E-state index in [2.05, 4.69) is 83.7 Å². The van der Waals surface area contributed by atoms with Gasteiger partial charge in [0.2, 0.25) is 0 Å². The van der Waals surface area contributed by atoms with Crippen LogP contribution in [0.25, 0.3) is 27.9 Å². The van der Waals surface area contributed by atoms with Gasteiger partial charge in [-0.25, -0.2) is 0 Å². The number of hydrogen-bond donors (Lipinski definition) is 0. The predicted molar refractivity (Wildman–Crippen MR) is 112 cm³/mol. The van der Waals surface area contributed by atoms with Crippen molar-refractivity contribution in [1.29, 1.82) is 0 Å². The fourth-order valence-electron chi connectivity index (χ4n) is 3.97. The topological polar surface area (TPSA) is 22.0 Å². The summed E-state index contributed by atoms with van der Waals surface area (Å²) < 4.78 is 3.33. The van der Waals surface area contributed by atoms with Gasteiger partial charge in [-0.15, -0.1) is 0 Å². The Morgan fingerprint density at radius 3 is 2.54 bits per heavy atom. The number of aryl methyl sites for hydroxylation is 1. The molecular weight excluding hydrogens is 386 g/mol. The number of halogens is 1. The molecule has 0 saturated carbocycles. The molecule has 0 unspecified atom stereocenters. The lowest BCUT2D eigenvalue weighted by Gasteiger charge is -2.30. The first kappa shape index (κ1) is 17.3. The van der Waals surface area contributed by atoms with Crippen molar-refractivity contribution in [3.05, 3.63) is 64.6 Å². The fraction of sp³-hybridized carbons (Fsp3) is 0.261. The summed E-state index contributed by atoms with van der Waals surface area (Å²) in [6.07, 6.45) is 3.33. The van der Waals surface area contributed by atoms with E-state index in [0.29, 0.717) is 6.42 Å². The minimum Gasteiger partial charge on any atom is -0.313 e. The van der Waals surface area contributed by atoms with Crippen LogP contribution in [0.4, 0.5) is 0 Å². The Hall–Kier alpha value is -2.13. The van der Waals surface area contributed by atoms with Gasteiger partial charge in [0.25, 0.3) is 0 Å². The highest BCUT2D eigenvalue weighted by atomic mass is 79.9. The summed E-state index contributed by atoms with van der Waals surface area (Å²) in [7, 11) is 0. The third-order valence-corrected chi connectivity index (χ3v) is 5.73. The molecule has 2 nitrogen and oxygen atoms in total. The summed E-state index contributed by atoms with van der Waals surface area (Å²) in [5.74, 6) is 0.211. The lowest BCUT2D eigenvalue weighted by molar-refractivity contribution is -0.116. The Morgan fingerprint density at radius 2 is 1.81 bits per heavy atom. The summed E-state index contributed by atoms with van der Waals surface area (Å²) >= 11 is 3.70. The Labute approximate surface area is 162 Å². The SMILES string of the molecule is Cc1ccc2c(c1)cc(-c1ccccc1Br)n2C1=CC(=O)CC(C)(C)C1. The van der Waals surface area contributed by atoms with Gasteiger partial charge in [0.05, 0.1) is 11.2 Å². The fourth-order valence-corrected chi connectivity index (χ4v) is 4.46. The van der Waals surface area contributed by atoms with Crippen LogP contribution in [-0.4, -0.2) is 10.4 Å². The van der Waals surface area contributed by atoms with E-state index in [4.69, 9.17) is 0 Å². The quantitative estimate of drug-likeness (QED) is 0.468. The highest BCUT2D eigenvalue weighted by Gasteiger charge is 2.29. The first-order valence-electron chi connectivity index (χ1n) is 8.95. The molecule has 3 heteroatoms. The Morgan fingerprint density at radius 1 is 1.04 bits per heavy atom. The lowest BCUT2D eigenvalue weighted by Crippen LogP contribution is -2.23. The maximum absolute atomic E-state index is 12.4. The molecule has 0 aliphatic heterocycles. The van der Waals surface area contributed by atoms with Gasteiger partial charge >= 0.3 is 0 Å². The van der Waals surface area contributed by atoms with E-state index < -0.39 is 0 Å². The van der Waals surface area contributed by atoms with Crippen molar-refractivity contribution in [3.8, 4) is 11.3 Å². The normalized spacial score (nSPS) is 16.8. The third kappa shape index (κ3) is 3.05. The van der Waals surface area contributed by atoms with Crippen LogP contribution < -0.4 is 0 Å². The van der Waals surface area contributed by atoms with E-state index >= 15 is 0 Å². The molecule has 3 aromatic rings. The first-order chi connectivity index (χ1) is 12.3. The number of rotatable bonds is 2. The van der Waals surface area contributed by atoms with Crippen LogP contribution >= 0.6 is 15.9 Å². The van der Waals surface area contributed by atoms with Gasteiger partial charge in [-0.2, -0.15) is 0 Å². The van der Waals surface area contributed by atoms with Crippen LogP contribution in [0.3, 0.4) is 0 Å². The number of carbonyl (C=O) groups is 1. The Kier molecular flexibility index (Phi) is 4.15. The number of carbonyl (C=O) groups excluding carboxylic acids is 1. The van der Waals surface area contributed by atoms with Crippen LogP contribution in [0.2, 0.25) is 0 Å². The van der Waals surface area contributed by atoms with Gasteiger partial charge < -0.3 is 4.57 Å². The second-order valence-electron chi connectivity index (χ2n) is 8.03. The summed E-state index contributed by atoms with van der Waals surface area (Å²) in [6, 6.07) is 17.0. The Balaban J connectivity index is 2.03. The molecule has 0 fully saturated rings. The predicted octanol–water partition coefficient (Wildman–Crippen LogP) is 6.61. The highest BCUT2D eigenvalue weighted by molar-refractivity contribution is 9.10. The summed E-state index contributed by atoms with van der Waals surface area (Å²) in [5, 5.41) is 1.20. The summed E-state index contributed by atoms with van der Waals surface area (Å²) in [6.45, 7) is 6.46. The average molecular weight is 408 g/mol. The number of nitrogens with zero attached hydrogens (tertiary/aromatic N) is 1. The largest absolute Gasteiger partial charge is 0.313 e. The maximum atomic E-state index is 12.4. The number of ketones is 1. The maximum Gasteiger partial charge on any atom is 0.157 e. The summed E-state index contributed by atoms with van der Waals surface area (Å²) in [4.78, 5) is 12.4. The standard InChI is InChI=1S/C23H22BrNO/c1-15-8-9-21-16(10-15)11-22(19-6-4-5-7-20(19)24)25(21)17-12-18(26)14-23(2,3)13-17/h4-12H,13-14H2,1-3H3. The van der Waals surface area contributed by atoms with Gasteiger partial charge in [-0.3, -0.25) is 4.79 Å². The monoisotopic (exact) mass is 407 g/mol. The second-order valence-corrected chi connectivity index (χ2v) is 8.88. The van der Waals surface area contributed by atoms with Crippen LogP contribution in [0, 0.1) is 12.3 Å². The van der Waals surface area contributed by atoms with Crippen LogP contribution in [0.5, 0.6) is 0 Å². The van der Waals surface area contributed by atoms with Crippen molar-refractivity contribution in [1.82, 2.24) is 4.57 Å². The molecule has 1 aliphatic carbocycles. The number of benzene rings is 2. The molecule has 0 bridgehead atoms. The van der Waals surface area contributed by atoms with E-state index in [1.807, 2.05) is 12.1 Å². The molecule has 0 atom stereocenters. The first-order valence-corrected chi connectivity index (χ1v) is 9.74. The van der Waals surface area contributed by atoms with E-state index in [1.54, 1.807) is 0 Å². The molecule has 1 heterocycles. The van der Waals surface area contributed by atoms with E-state index in [-0.39, 0.29) is 11.2 Å². The van der Waals surface area contributed by atoms with Crippen LogP contribution in [0.1, 0.15) is 32.3 Å². The molecule has 1 aliphatic rings. The van der Waals surface area contributed by atoms with Crippen LogP contribution in [-0.2, 0) is 4.79 Å². The average Bonchev–Trinajstić information content (AvgIpc) is 2.91. The molecule has 132 valence electrons. The molecule has 0 spiro atoms. The number of allylic oxidation sites excluding steroid dienone is 2. The number of hydrogen-bond acceptors (Lipinski definition) is 1. The van der Waals surface area contributed by atoms with E-state index in [9.17, 15) is 4.79 Å². The molecule has 0 N–H and O–H groups in total. The van der Waals surface area contributed by atoms with E-state index in [0.717, 1.165) is 33.4 Å². The molecule has 0 saturated heterocycles. The van der Waals surface area contributed by atoms with E-state index in [1.165, 1.54) is 10.9 Å². The Bertz CT molecular complexity index is 1060. The minimum atomic E-state index is -0.0202. The van der Waals surface area contributed by atoms with Crippen molar-refractivity contribution in [2.75, 3.05) is 0 Å². The zero-order valence-electron chi connectivity index (χ0n) is 15.3. The smallest absolute Gasteiger partial charge is 0.157 e. The number of aromatic nitrogens is 1. The molecule has 0 amide bonds. The van der Waals surface area contributed by atoms with Gasteiger partial charge in [0.15, 0.2) is 5.78 Å². The zero-order chi connectivity index (χ0) is 18.5. The molecule has 2 aromatic carbocycles. The minimum absolute atomic E-state index is 0.0202. The highest BCUT2D eigenvalue weighted by Crippen LogP contribution is 2.41. The zero-order valence-corrected chi connectivity index (χ0v) is 16.9.